The minimum absolute atomic E-state index is 0. The molecule has 0 nitrogen and oxygen atoms in total. The lowest BCUT2D eigenvalue weighted by Gasteiger charge is -2.32. The van der Waals surface area contributed by atoms with Gasteiger partial charge in [-0.1, -0.05) is 108 Å². The first kappa shape index (κ1) is 20.6. The zero-order valence-electron chi connectivity index (χ0n) is 15.6. The second kappa shape index (κ2) is 10.4. The Labute approximate surface area is 173 Å². The summed E-state index contributed by atoms with van der Waals surface area (Å²) in [5, 5.41) is 5.70. The van der Waals surface area contributed by atoms with Crippen molar-refractivity contribution in [2.45, 2.75) is 0 Å². The van der Waals surface area contributed by atoms with Gasteiger partial charge in [-0.25, -0.2) is 7.80 Å². The first-order valence-electron chi connectivity index (χ1n) is 9.14. The van der Waals surface area contributed by atoms with Gasteiger partial charge in [-0.05, 0) is 31.0 Å². The average molecular weight is 393 g/mol. The molecule has 4 heteroatoms. The standard InChI is InChI=1S/C24H21BP2.B/c1-5-13-21(14-6-1)26(22-15-7-2-8-16-22)25-27(23-17-9-3-10-18-23)24-19-11-4-12-20-24;/h1-20,26H;. The first-order chi connectivity index (χ1) is 13.4. The Morgan fingerprint density at radius 3 is 1.14 bits per heavy atom. The predicted molar refractivity (Wildman–Crippen MR) is 131 cm³/mol. The van der Waals surface area contributed by atoms with E-state index in [4.69, 9.17) is 0 Å². The maximum absolute atomic E-state index is 2.65. The molecule has 4 aromatic carbocycles. The van der Waals surface area contributed by atoms with E-state index in [1.165, 1.54) is 21.2 Å². The van der Waals surface area contributed by atoms with Crippen molar-refractivity contribution >= 4 is 51.9 Å². The Hall–Kier alpha value is -2.13. The summed E-state index contributed by atoms with van der Waals surface area (Å²) in [5.74, 6) is 0. The van der Waals surface area contributed by atoms with Gasteiger partial charge in [0.1, 0.15) is 0 Å². The smallest absolute Gasteiger partial charge is 0.0477 e. The van der Waals surface area contributed by atoms with Crippen LogP contribution in [0.1, 0.15) is 0 Å². The van der Waals surface area contributed by atoms with Gasteiger partial charge in [0.15, 0.2) is 0 Å². The Bertz CT molecular complexity index is 789. The Balaban J connectivity index is 0.00000225. The van der Waals surface area contributed by atoms with Crippen LogP contribution in [0.15, 0.2) is 121 Å². The van der Waals surface area contributed by atoms with Gasteiger partial charge in [0.2, 0.25) is 0 Å². The molecule has 0 heterocycles. The number of hydrogen-bond donors (Lipinski definition) is 0. The molecule has 133 valence electrons. The fourth-order valence-corrected chi connectivity index (χ4v) is 9.29. The monoisotopic (exact) mass is 393 g/mol. The second-order valence-electron chi connectivity index (χ2n) is 6.32. The van der Waals surface area contributed by atoms with Crippen LogP contribution < -0.4 is 21.2 Å². The molecule has 0 N–H and O–H groups in total. The van der Waals surface area contributed by atoms with Crippen molar-refractivity contribution in [3.8, 4) is 0 Å². The zero-order valence-corrected chi connectivity index (χ0v) is 17.5. The zero-order chi connectivity index (χ0) is 18.3. The van der Waals surface area contributed by atoms with Crippen LogP contribution in [0.2, 0.25) is 0 Å². The van der Waals surface area contributed by atoms with Crippen molar-refractivity contribution in [2.24, 2.45) is 0 Å². The predicted octanol–water partition coefficient (Wildman–Crippen LogP) is 4.14. The van der Waals surface area contributed by atoms with Gasteiger partial charge in [-0.3, -0.25) is 0 Å². The summed E-state index contributed by atoms with van der Waals surface area (Å²) in [7, 11) is -1.51. The summed E-state index contributed by atoms with van der Waals surface area (Å²) < 4.78 is 0. The molecule has 0 saturated heterocycles. The Morgan fingerprint density at radius 1 is 0.464 bits per heavy atom. The molecule has 4 aromatic rings. The summed E-state index contributed by atoms with van der Waals surface area (Å²) >= 11 is 0. The van der Waals surface area contributed by atoms with Crippen molar-refractivity contribution < 1.29 is 0 Å². The highest BCUT2D eigenvalue weighted by atomic mass is 31.2. The summed E-state index contributed by atoms with van der Waals surface area (Å²) in [5.41, 5.74) is 0. The van der Waals surface area contributed by atoms with E-state index in [0.717, 1.165) is 0 Å². The molecule has 0 aliphatic heterocycles. The molecule has 0 spiro atoms. The molecule has 5 radical (unpaired) electrons. The normalized spacial score (nSPS) is 10.6. The average Bonchev–Trinajstić information content (AvgIpc) is 2.77. The summed E-state index contributed by atoms with van der Waals surface area (Å²) in [4.78, 5) is 0. The van der Waals surface area contributed by atoms with Crippen LogP contribution in [0.25, 0.3) is 0 Å². The molecule has 0 atom stereocenters. The molecule has 4 rings (SSSR count). The van der Waals surface area contributed by atoms with Gasteiger partial charge >= 0.3 is 0 Å². The van der Waals surface area contributed by atoms with Crippen LogP contribution in [-0.2, 0) is 0 Å². The van der Waals surface area contributed by atoms with Crippen LogP contribution in [0, 0.1) is 0 Å². The molecule has 0 saturated carbocycles. The van der Waals surface area contributed by atoms with Gasteiger partial charge in [0.25, 0.3) is 0 Å². The summed E-state index contributed by atoms with van der Waals surface area (Å²) in [6, 6.07) is 43.8. The van der Waals surface area contributed by atoms with E-state index in [0.29, 0.717) is 0 Å². The van der Waals surface area contributed by atoms with E-state index in [1.807, 2.05) is 0 Å². The van der Waals surface area contributed by atoms with Crippen LogP contribution in [0.4, 0.5) is 0 Å². The van der Waals surface area contributed by atoms with Crippen LogP contribution in [-0.4, -0.2) is 15.1 Å². The van der Waals surface area contributed by atoms with Crippen molar-refractivity contribution in [1.29, 1.82) is 0 Å². The van der Waals surface area contributed by atoms with Crippen LogP contribution >= 0.6 is 15.6 Å². The molecule has 0 aliphatic rings. The molecule has 0 unspecified atom stereocenters. The van der Waals surface area contributed by atoms with Crippen LogP contribution in [0.3, 0.4) is 0 Å². The number of rotatable bonds is 6. The third-order valence-corrected chi connectivity index (χ3v) is 10.2. The van der Waals surface area contributed by atoms with E-state index < -0.39 is 15.6 Å². The number of hydrogen-bond acceptors (Lipinski definition) is 0. The molecule has 0 bridgehead atoms. The van der Waals surface area contributed by atoms with Crippen LogP contribution in [0.5, 0.6) is 0 Å². The lowest BCUT2D eigenvalue weighted by molar-refractivity contribution is 1.76. The van der Waals surface area contributed by atoms with Gasteiger partial charge in [0, 0.05) is 19.0 Å². The van der Waals surface area contributed by atoms with E-state index in [-0.39, 0.29) is 8.41 Å². The molecule has 28 heavy (non-hydrogen) atoms. The van der Waals surface area contributed by atoms with E-state index in [2.05, 4.69) is 128 Å². The minimum Gasteiger partial charge on any atom is -0.235 e. The highest BCUT2D eigenvalue weighted by Gasteiger charge is 2.17. The SMILES string of the molecule is [B-](P(c1ccccc1)c1ccccc1)[PH+](c1ccccc1)c1ccccc1.[B]. The molecule has 0 fully saturated rings. The van der Waals surface area contributed by atoms with Crippen molar-refractivity contribution in [3.05, 3.63) is 121 Å². The molecule has 0 aliphatic carbocycles. The van der Waals surface area contributed by atoms with Gasteiger partial charge in [-0.15, -0.1) is 0 Å². The highest BCUT2D eigenvalue weighted by molar-refractivity contribution is 8.24. The quantitative estimate of drug-likeness (QED) is 0.342. The summed E-state index contributed by atoms with van der Waals surface area (Å²) in [6.07, 6.45) is 0. The minimum atomic E-state index is -0.989. The third kappa shape index (κ3) is 5.02. The van der Waals surface area contributed by atoms with Gasteiger partial charge < -0.3 is 0 Å². The van der Waals surface area contributed by atoms with Crippen molar-refractivity contribution in [1.82, 2.24) is 0 Å². The van der Waals surface area contributed by atoms with Crippen molar-refractivity contribution in [3.63, 3.8) is 0 Å². The Morgan fingerprint density at radius 2 is 0.786 bits per heavy atom. The van der Waals surface area contributed by atoms with E-state index in [9.17, 15) is 0 Å². The maximum Gasteiger partial charge on any atom is 0.0477 e. The lowest BCUT2D eigenvalue weighted by Crippen LogP contribution is -2.21. The number of benzene rings is 4. The topological polar surface area (TPSA) is 0 Å². The van der Waals surface area contributed by atoms with Gasteiger partial charge in [-0.2, -0.15) is 7.80 Å². The van der Waals surface area contributed by atoms with Gasteiger partial charge in [0.05, 0.1) is 0 Å². The highest BCUT2D eigenvalue weighted by Crippen LogP contribution is 2.45. The van der Waals surface area contributed by atoms with Crippen molar-refractivity contribution in [2.75, 3.05) is 0 Å². The third-order valence-electron chi connectivity index (χ3n) is 4.50. The van der Waals surface area contributed by atoms with E-state index in [1.54, 1.807) is 0 Å². The molecule has 0 amide bonds. The fourth-order valence-electron chi connectivity index (χ4n) is 3.16. The maximum atomic E-state index is 2.65. The fraction of sp³-hybridized carbons (Fsp3) is 0. The molecular formula is C24H21B2P2. The largest absolute Gasteiger partial charge is 0.235 e. The molecule has 0 aromatic heterocycles. The lowest BCUT2D eigenvalue weighted by atomic mass is 10.4. The first-order valence-corrected chi connectivity index (χ1v) is 12.1. The summed E-state index contributed by atoms with van der Waals surface area (Å²) in [6.45, 7) is 2.65. The molecular weight excluding hydrogens is 372 g/mol. The second-order valence-corrected chi connectivity index (χ2v) is 11.1. The Kier molecular flexibility index (Phi) is 7.67. The van der Waals surface area contributed by atoms with E-state index >= 15 is 0 Å².